The predicted molar refractivity (Wildman–Crippen MR) is 73.3 cm³/mol. The topological polar surface area (TPSA) is 105 Å². The average molecular weight is 281 g/mol. The number of hydrogen-bond donors (Lipinski definition) is 3. The van der Waals surface area contributed by atoms with Gasteiger partial charge in [-0.25, -0.2) is 19.6 Å². The number of aromatic nitrogens is 2. The molecule has 0 radical (unpaired) electrons. The van der Waals surface area contributed by atoms with Gasteiger partial charge in [-0.3, -0.25) is 5.32 Å². The van der Waals surface area contributed by atoms with Crippen molar-refractivity contribution in [2.24, 2.45) is 0 Å². The van der Waals surface area contributed by atoms with E-state index in [1.807, 2.05) is 0 Å². The zero-order valence-electron chi connectivity index (χ0n) is 11.8. The summed E-state index contributed by atoms with van der Waals surface area (Å²) < 4.78 is 5.04. The molecule has 0 saturated carbocycles. The molecule has 1 heterocycles. The summed E-state index contributed by atoms with van der Waals surface area (Å²) in [7, 11) is 0. The summed E-state index contributed by atoms with van der Waals surface area (Å²) in [5.74, 6) is 0.213. The minimum Gasteiger partial charge on any atom is -0.444 e. The van der Waals surface area contributed by atoms with Gasteiger partial charge in [0.15, 0.2) is 0 Å². The number of nitrogens with one attached hydrogen (secondary N) is 3. The Kier molecular flexibility index (Phi) is 5.70. The van der Waals surface area contributed by atoms with Crippen LogP contribution in [0, 0.1) is 0 Å². The molecule has 0 aromatic carbocycles. The van der Waals surface area contributed by atoms with E-state index in [2.05, 4.69) is 25.9 Å². The molecule has 3 N–H and O–H groups in total. The highest BCUT2D eigenvalue weighted by atomic mass is 16.6. The van der Waals surface area contributed by atoms with Gasteiger partial charge in [0, 0.05) is 25.5 Å². The summed E-state index contributed by atoms with van der Waals surface area (Å²) in [5, 5.41) is 7.52. The predicted octanol–water partition coefficient (Wildman–Crippen LogP) is 1.12. The first kappa shape index (κ1) is 15.7. The van der Waals surface area contributed by atoms with E-state index in [0.29, 0.717) is 0 Å². The highest BCUT2D eigenvalue weighted by Gasteiger charge is 2.15. The van der Waals surface area contributed by atoms with Crippen molar-refractivity contribution in [1.29, 1.82) is 0 Å². The first-order valence-electron chi connectivity index (χ1n) is 6.15. The minimum atomic E-state index is -0.542. The van der Waals surface area contributed by atoms with Crippen LogP contribution in [0.2, 0.25) is 0 Å². The van der Waals surface area contributed by atoms with Gasteiger partial charge in [0.2, 0.25) is 5.95 Å². The second-order valence-electron chi connectivity index (χ2n) is 4.88. The SMILES string of the molecule is CC(C)(C)OC(=O)NCCNC(=O)Nc1ncccn1. The van der Waals surface area contributed by atoms with Gasteiger partial charge < -0.3 is 15.4 Å². The van der Waals surface area contributed by atoms with Gasteiger partial charge in [-0.15, -0.1) is 0 Å². The molecule has 110 valence electrons. The number of carbonyl (C=O) groups excluding carboxylic acids is 2. The van der Waals surface area contributed by atoms with Crippen molar-refractivity contribution in [3.63, 3.8) is 0 Å². The summed E-state index contributed by atoms with van der Waals surface area (Å²) in [4.78, 5) is 30.4. The zero-order chi connectivity index (χ0) is 15.0. The number of ether oxygens (including phenoxy) is 1. The number of nitrogens with zero attached hydrogens (tertiary/aromatic N) is 2. The lowest BCUT2D eigenvalue weighted by Gasteiger charge is -2.19. The maximum absolute atomic E-state index is 11.4. The van der Waals surface area contributed by atoms with E-state index in [0.717, 1.165) is 0 Å². The molecule has 8 heteroatoms. The second kappa shape index (κ2) is 7.27. The van der Waals surface area contributed by atoms with Crippen LogP contribution in [-0.2, 0) is 4.74 Å². The van der Waals surface area contributed by atoms with Crippen molar-refractivity contribution >= 4 is 18.1 Å². The van der Waals surface area contributed by atoms with E-state index >= 15 is 0 Å². The first-order chi connectivity index (χ1) is 9.37. The molecule has 0 aliphatic carbocycles. The normalized spacial score (nSPS) is 10.6. The molecular formula is C12H19N5O3. The summed E-state index contributed by atoms with van der Waals surface area (Å²) in [6.45, 7) is 5.85. The smallest absolute Gasteiger partial charge is 0.407 e. The molecule has 0 aliphatic rings. The maximum atomic E-state index is 11.4. The number of hydrogen-bond acceptors (Lipinski definition) is 5. The van der Waals surface area contributed by atoms with Crippen LogP contribution in [0.25, 0.3) is 0 Å². The van der Waals surface area contributed by atoms with Gasteiger partial charge >= 0.3 is 12.1 Å². The lowest BCUT2D eigenvalue weighted by Crippen LogP contribution is -2.39. The van der Waals surface area contributed by atoms with Crippen LogP contribution in [0.1, 0.15) is 20.8 Å². The maximum Gasteiger partial charge on any atom is 0.407 e. The molecule has 3 amide bonds. The number of alkyl carbamates (subject to hydrolysis) is 1. The molecule has 8 nitrogen and oxygen atoms in total. The summed E-state index contributed by atoms with van der Waals surface area (Å²) in [5.41, 5.74) is -0.542. The number of urea groups is 1. The third kappa shape index (κ3) is 7.14. The van der Waals surface area contributed by atoms with E-state index in [1.165, 1.54) is 12.4 Å². The molecule has 1 rings (SSSR count). The van der Waals surface area contributed by atoms with E-state index in [4.69, 9.17) is 4.74 Å². The van der Waals surface area contributed by atoms with Crippen molar-refractivity contribution in [3.05, 3.63) is 18.5 Å². The van der Waals surface area contributed by atoms with Gasteiger partial charge in [-0.2, -0.15) is 0 Å². The lowest BCUT2D eigenvalue weighted by molar-refractivity contribution is 0.0528. The number of carbonyl (C=O) groups is 2. The molecule has 1 aromatic rings. The molecule has 0 bridgehead atoms. The molecule has 0 spiro atoms. The van der Waals surface area contributed by atoms with Gasteiger partial charge in [0.25, 0.3) is 0 Å². The molecular weight excluding hydrogens is 262 g/mol. The highest BCUT2D eigenvalue weighted by molar-refractivity contribution is 5.87. The van der Waals surface area contributed by atoms with E-state index < -0.39 is 17.7 Å². The fraction of sp³-hybridized carbons (Fsp3) is 0.500. The van der Waals surface area contributed by atoms with E-state index in [-0.39, 0.29) is 19.0 Å². The second-order valence-corrected chi connectivity index (χ2v) is 4.88. The van der Waals surface area contributed by atoms with Crippen molar-refractivity contribution in [1.82, 2.24) is 20.6 Å². The highest BCUT2D eigenvalue weighted by Crippen LogP contribution is 2.05. The third-order valence-electron chi connectivity index (χ3n) is 1.87. The molecule has 1 aromatic heterocycles. The van der Waals surface area contributed by atoms with Crippen LogP contribution in [0.15, 0.2) is 18.5 Å². The lowest BCUT2D eigenvalue weighted by atomic mass is 10.2. The van der Waals surface area contributed by atoms with Gasteiger partial charge in [0.05, 0.1) is 0 Å². The Labute approximate surface area is 117 Å². The Morgan fingerprint density at radius 1 is 1.15 bits per heavy atom. The van der Waals surface area contributed by atoms with Crippen LogP contribution in [0.3, 0.4) is 0 Å². The summed E-state index contributed by atoms with van der Waals surface area (Å²) in [6, 6.07) is 1.20. The monoisotopic (exact) mass is 281 g/mol. The zero-order valence-corrected chi connectivity index (χ0v) is 11.8. The van der Waals surface area contributed by atoms with Crippen molar-refractivity contribution < 1.29 is 14.3 Å². The van der Waals surface area contributed by atoms with Crippen LogP contribution in [-0.4, -0.2) is 40.8 Å². The summed E-state index contributed by atoms with van der Waals surface area (Å²) in [6.07, 6.45) is 2.52. The quantitative estimate of drug-likeness (QED) is 0.717. The fourth-order valence-electron chi connectivity index (χ4n) is 1.16. The summed E-state index contributed by atoms with van der Waals surface area (Å²) >= 11 is 0. The van der Waals surface area contributed by atoms with Crippen LogP contribution in [0.4, 0.5) is 15.5 Å². The number of amides is 3. The Bertz CT molecular complexity index is 444. The van der Waals surface area contributed by atoms with Gasteiger partial charge in [-0.05, 0) is 26.8 Å². The number of anilines is 1. The van der Waals surface area contributed by atoms with E-state index in [1.54, 1.807) is 26.8 Å². The van der Waals surface area contributed by atoms with Crippen molar-refractivity contribution in [2.75, 3.05) is 18.4 Å². The van der Waals surface area contributed by atoms with E-state index in [9.17, 15) is 9.59 Å². The molecule has 0 aliphatic heterocycles. The standard InChI is InChI=1S/C12H19N5O3/c1-12(2,3)20-11(19)16-8-7-15-10(18)17-9-13-5-4-6-14-9/h4-6H,7-8H2,1-3H3,(H,16,19)(H2,13,14,15,17,18). The first-order valence-corrected chi connectivity index (χ1v) is 6.15. The largest absolute Gasteiger partial charge is 0.444 e. The third-order valence-corrected chi connectivity index (χ3v) is 1.87. The Morgan fingerprint density at radius 3 is 2.35 bits per heavy atom. The van der Waals surface area contributed by atoms with Crippen LogP contribution >= 0.6 is 0 Å². The Morgan fingerprint density at radius 2 is 1.75 bits per heavy atom. The van der Waals surface area contributed by atoms with Crippen molar-refractivity contribution in [2.45, 2.75) is 26.4 Å². The van der Waals surface area contributed by atoms with Gasteiger partial charge in [0.1, 0.15) is 5.60 Å². The Balaban J connectivity index is 2.15. The van der Waals surface area contributed by atoms with Crippen molar-refractivity contribution in [3.8, 4) is 0 Å². The fourth-order valence-corrected chi connectivity index (χ4v) is 1.16. The number of rotatable bonds is 4. The minimum absolute atomic E-state index is 0.213. The average Bonchev–Trinajstić information content (AvgIpc) is 2.34. The molecule has 20 heavy (non-hydrogen) atoms. The molecule has 0 atom stereocenters. The molecule has 0 fully saturated rings. The molecule has 0 saturated heterocycles. The van der Waals surface area contributed by atoms with Crippen LogP contribution < -0.4 is 16.0 Å². The van der Waals surface area contributed by atoms with Crippen LogP contribution in [0.5, 0.6) is 0 Å². The van der Waals surface area contributed by atoms with Gasteiger partial charge in [-0.1, -0.05) is 0 Å². The molecule has 0 unspecified atom stereocenters. The Hall–Kier alpha value is -2.38.